The summed E-state index contributed by atoms with van der Waals surface area (Å²) in [4.78, 5) is 34.6. The van der Waals surface area contributed by atoms with E-state index in [1.165, 1.54) is 96.3 Å². The highest BCUT2D eigenvalue weighted by Crippen LogP contribution is 2.43. The van der Waals surface area contributed by atoms with Gasteiger partial charge in [0.05, 0.1) is 26.4 Å². The quantitative estimate of drug-likeness (QED) is 0.0234. The first-order valence-corrected chi connectivity index (χ1v) is 25.1. The van der Waals surface area contributed by atoms with E-state index < -0.39 is 58.4 Å². The lowest BCUT2D eigenvalue weighted by Gasteiger charge is -2.20. The van der Waals surface area contributed by atoms with Gasteiger partial charge in [0, 0.05) is 12.8 Å². The molecular formula is C48H87O10P. The monoisotopic (exact) mass is 855 g/mol. The summed E-state index contributed by atoms with van der Waals surface area (Å²) in [6.07, 6.45) is 48.0. The van der Waals surface area contributed by atoms with Gasteiger partial charge in [-0.2, -0.15) is 0 Å². The van der Waals surface area contributed by atoms with E-state index in [4.69, 9.17) is 18.5 Å². The number of carbonyl (C=O) groups is 2. The van der Waals surface area contributed by atoms with Crippen LogP contribution in [0.5, 0.6) is 0 Å². The number of hydrogen-bond acceptors (Lipinski definition) is 9. The van der Waals surface area contributed by atoms with Gasteiger partial charge < -0.3 is 24.6 Å². The molecule has 0 aliphatic heterocycles. The fourth-order valence-electron chi connectivity index (χ4n) is 6.42. The molecule has 11 heteroatoms. The van der Waals surface area contributed by atoms with Crippen molar-refractivity contribution in [3.05, 3.63) is 48.6 Å². The van der Waals surface area contributed by atoms with E-state index in [1.54, 1.807) is 0 Å². The van der Waals surface area contributed by atoms with Crippen LogP contribution in [0.2, 0.25) is 0 Å². The minimum absolute atomic E-state index is 0.172. The van der Waals surface area contributed by atoms with Gasteiger partial charge in [-0.1, -0.05) is 172 Å². The Hall–Kier alpha value is -2.07. The molecular weight excluding hydrogens is 767 g/mol. The summed E-state index contributed by atoms with van der Waals surface area (Å²) in [6.45, 7) is 2.09. The number of allylic oxidation sites excluding steroid dienone is 8. The number of rotatable bonds is 44. The van der Waals surface area contributed by atoms with Gasteiger partial charge in [-0.15, -0.1) is 0 Å². The van der Waals surface area contributed by atoms with Crippen molar-refractivity contribution in [3.8, 4) is 0 Å². The molecule has 0 saturated heterocycles. The average Bonchev–Trinajstić information content (AvgIpc) is 3.22. The largest absolute Gasteiger partial charge is 0.472 e. The van der Waals surface area contributed by atoms with Crippen LogP contribution in [-0.2, 0) is 32.7 Å². The van der Waals surface area contributed by atoms with Crippen LogP contribution in [0.25, 0.3) is 0 Å². The fourth-order valence-corrected chi connectivity index (χ4v) is 7.20. The average molecular weight is 855 g/mol. The molecule has 3 atom stereocenters. The van der Waals surface area contributed by atoms with Crippen LogP contribution in [0, 0.1) is 0 Å². The summed E-state index contributed by atoms with van der Waals surface area (Å²) in [5, 5.41) is 19.2. The number of unbranched alkanes of at least 4 members (excludes halogenated alkanes) is 22. The Bertz CT molecular complexity index is 1120. The summed E-state index contributed by atoms with van der Waals surface area (Å²) in [7, 11) is -4.64. The zero-order chi connectivity index (χ0) is 43.3. The number of aliphatic hydroxyl groups is 2. The van der Waals surface area contributed by atoms with E-state index in [-0.39, 0.29) is 12.8 Å². The van der Waals surface area contributed by atoms with Gasteiger partial charge in [0.25, 0.3) is 0 Å². The second kappa shape index (κ2) is 44.0. The van der Waals surface area contributed by atoms with Crippen LogP contribution in [0.3, 0.4) is 0 Å². The van der Waals surface area contributed by atoms with Gasteiger partial charge in [0.2, 0.25) is 0 Å². The van der Waals surface area contributed by atoms with Crippen LogP contribution < -0.4 is 0 Å². The molecule has 0 aliphatic rings. The molecule has 0 rings (SSSR count). The van der Waals surface area contributed by atoms with Gasteiger partial charge in [0.15, 0.2) is 0 Å². The maximum atomic E-state index is 12.4. The van der Waals surface area contributed by atoms with E-state index in [1.807, 2.05) is 0 Å². The number of ether oxygens (including phenoxy) is 2. The van der Waals surface area contributed by atoms with Crippen LogP contribution in [0.1, 0.15) is 206 Å². The van der Waals surface area contributed by atoms with Crippen molar-refractivity contribution >= 4 is 19.8 Å². The number of phosphoric ester groups is 1. The molecule has 0 spiro atoms. The molecule has 0 amide bonds. The van der Waals surface area contributed by atoms with E-state index in [9.17, 15) is 29.3 Å². The van der Waals surface area contributed by atoms with Gasteiger partial charge in [-0.25, -0.2) is 4.57 Å². The molecule has 0 saturated carbocycles. The van der Waals surface area contributed by atoms with Gasteiger partial charge in [-0.3, -0.25) is 18.6 Å². The van der Waals surface area contributed by atoms with E-state index in [2.05, 4.69) is 62.5 Å². The molecule has 0 aromatic heterocycles. The molecule has 344 valence electrons. The van der Waals surface area contributed by atoms with Crippen molar-refractivity contribution < 1.29 is 47.8 Å². The highest BCUT2D eigenvalue weighted by Gasteiger charge is 2.27. The third-order valence-electron chi connectivity index (χ3n) is 10.0. The third kappa shape index (κ3) is 42.4. The van der Waals surface area contributed by atoms with Crippen molar-refractivity contribution in [2.45, 2.75) is 219 Å². The van der Waals surface area contributed by atoms with Crippen LogP contribution >= 0.6 is 7.82 Å². The van der Waals surface area contributed by atoms with E-state index >= 15 is 0 Å². The van der Waals surface area contributed by atoms with Crippen molar-refractivity contribution in [2.75, 3.05) is 26.4 Å². The molecule has 3 N–H and O–H groups in total. The minimum Gasteiger partial charge on any atom is -0.457 e. The van der Waals surface area contributed by atoms with E-state index in [0.717, 1.165) is 70.6 Å². The summed E-state index contributed by atoms with van der Waals surface area (Å²) < 4.78 is 32.6. The molecule has 0 radical (unpaired) electrons. The highest BCUT2D eigenvalue weighted by atomic mass is 31.2. The van der Waals surface area contributed by atoms with E-state index in [0.29, 0.717) is 12.8 Å². The smallest absolute Gasteiger partial charge is 0.457 e. The zero-order valence-corrected chi connectivity index (χ0v) is 38.4. The molecule has 0 aromatic carbocycles. The summed E-state index contributed by atoms with van der Waals surface area (Å²) in [5.74, 6) is -1.04. The van der Waals surface area contributed by atoms with Gasteiger partial charge in [-0.05, 0) is 70.6 Å². The zero-order valence-electron chi connectivity index (χ0n) is 37.5. The topological polar surface area (TPSA) is 149 Å². The molecule has 0 aliphatic carbocycles. The molecule has 0 heterocycles. The lowest BCUT2D eigenvalue weighted by Crippen LogP contribution is -2.28. The number of esters is 2. The summed E-state index contributed by atoms with van der Waals surface area (Å²) >= 11 is 0. The number of carbonyl (C=O) groups excluding carboxylic acids is 2. The predicted molar refractivity (Wildman–Crippen MR) is 242 cm³/mol. The first-order valence-electron chi connectivity index (χ1n) is 23.6. The van der Waals surface area contributed by atoms with Crippen LogP contribution in [0.4, 0.5) is 0 Å². The van der Waals surface area contributed by atoms with Gasteiger partial charge in [0.1, 0.15) is 12.2 Å². The van der Waals surface area contributed by atoms with Gasteiger partial charge >= 0.3 is 19.8 Å². The number of aliphatic hydroxyl groups excluding tert-OH is 2. The van der Waals surface area contributed by atoms with Crippen molar-refractivity contribution in [1.82, 2.24) is 0 Å². The second-order valence-electron chi connectivity index (χ2n) is 15.7. The Morgan fingerprint density at radius 1 is 0.475 bits per heavy atom. The molecule has 3 unspecified atom stereocenters. The standard InChI is InChI=1S/C48H87O10P/c1-3-5-7-9-11-13-15-17-19-20-21-22-23-24-26-28-30-32-34-36-38-40-48(52)58-46(42-50)44-56-59(53,54)55-43-45(41-49)57-47(51)39-37-35-33-31-29-27-25-18-16-14-12-10-8-6-4-2/h6,8,12,14,18,20-21,25,45-46,49-50H,3-5,7,9-11,13,15-17,19,22-24,26-44H2,1-2H3,(H,53,54)/b8-6-,14-12-,21-20-,25-18-. The Morgan fingerprint density at radius 3 is 1.17 bits per heavy atom. The lowest BCUT2D eigenvalue weighted by molar-refractivity contribution is -0.153. The lowest BCUT2D eigenvalue weighted by atomic mass is 10.1. The maximum Gasteiger partial charge on any atom is 0.472 e. The third-order valence-corrected chi connectivity index (χ3v) is 11.0. The fraction of sp³-hybridized carbons (Fsp3) is 0.792. The van der Waals surface area contributed by atoms with Crippen LogP contribution in [-0.4, -0.2) is 65.7 Å². The van der Waals surface area contributed by atoms with Crippen LogP contribution in [0.15, 0.2) is 48.6 Å². The number of hydrogen-bond donors (Lipinski definition) is 3. The Morgan fingerprint density at radius 2 is 0.797 bits per heavy atom. The second-order valence-corrected chi connectivity index (χ2v) is 17.2. The molecule has 0 bridgehead atoms. The first kappa shape index (κ1) is 56.9. The van der Waals surface area contributed by atoms with Crippen molar-refractivity contribution in [1.29, 1.82) is 0 Å². The van der Waals surface area contributed by atoms with Crippen molar-refractivity contribution in [3.63, 3.8) is 0 Å². The predicted octanol–water partition coefficient (Wildman–Crippen LogP) is 12.9. The Kier molecular flexibility index (Phi) is 42.5. The number of phosphoric acid groups is 1. The molecule has 10 nitrogen and oxygen atoms in total. The SMILES string of the molecule is CC/C=C\C/C=C\C/C=C\CCCCCCCC(=O)OC(CO)COP(=O)(O)OCC(CO)OC(=O)CCCCCCCCCCC/C=C\CCCCCCCCCC. The first-order chi connectivity index (χ1) is 28.8. The molecule has 0 fully saturated rings. The highest BCUT2D eigenvalue weighted by molar-refractivity contribution is 7.47. The summed E-state index contributed by atoms with van der Waals surface area (Å²) in [5.41, 5.74) is 0. The minimum atomic E-state index is -4.64. The van der Waals surface area contributed by atoms with Crippen molar-refractivity contribution in [2.24, 2.45) is 0 Å². The normalized spacial score (nSPS) is 14.2. The molecule has 0 aromatic rings. The maximum absolute atomic E-state index is 12.4. The molecule has 59 heavy (non-hydrogen) atoms. The Balaban J connectivity index is 3.88. The Labute approximate surface area is 360 Å². The summed E-state index contributed by atoms with van der Waals surface area (Å²) in [6, 6.07) is 0.